The lowest BCUT2D eigenvalue weighted by Crippen LogP contribution is -2.38. The Bertz CT molecular complexity index is 560. The molecule has 0 bridgehead atoms. The van der Waals surface area contributed by atoms with Crippen molar-refractivity contribution in [3.63, 3.8) is 0 Å². The van der Waals surface area contributed by atoms with E-state index in [1.54, 1.807) is 17.0 Å². The van der Waals surface area contributed by atoms with Gasteiger partial charge in [0.15, 0.2) is 5.82 Å². The highest BCUT2D eigenvalue weighted by Crippen LogP contribution is 2.22. The minimum Gasteiger partial charge on any atom is -0.481 e. The Balaban J connectivity index is 2.23. The number of carboxylic acids is 1. The molecular weight excluding hydrogens is 258 g/mol. The van der Waals surface area contributed by atoms with Crippen LogP contribution in [-0.2, 0) is 10.3 Å². The molecule has 20 heavy (non-hydrogen) atoms. The molecule has 0 aromatic carbocycles. The zero-order chi connectivity index (χ0) is 14.9. The van der Waals surface area contributed by atoms with E-state index in [2.05, 4.69) is 4.98 Å². The minimum absolute atomic E-state index is 0.0944. The number of nitrogens with zero attached hydrogens (tertiary/aromatic N) is 3. The van der Waals surface area contributed by atoms with Gasteiger partial charge in [-0.1, -0.05) is 0 Å². The predicted molar refractivity (Wildman–Crippen MR) is 76.1 cm³/mol. The first-order valence-corrected chi connectivity index (χ1v) is 6.84. The first-order chi connectivity index (χ1) is 9.29. The molecule has 1 atom stereocenters. The van der Waals surface area contributed by atoms with E-state index in [0.717, 1.165) is 6.42 Å². The average molecular weight is 279 g/mol. The Morgan fingerprint density at radius 2 is 2.20 bits per heavy atom. The highest BCUT2D eigenvalue weighted by atomic mass is 16.4. The van der Waals surface area contributed by atoms with Gasteiger partial charge < -0.3 is 14.6 Å². The summed E-state index contributed by atoms with van der Waals surface area (Å²) in [5, 5.41) is 8.84. The Morgan fingerprint density at radius 3 is 2.80 bits per heavy atom. The summed E-state index contributed by atoms with van der Waals surface area (Å²) in [4.78, 5) is 29.3. The fourth-order valence-electron chi connectivity index (χ4n) is 2.58. The highest BCUT2D eigenvalue weighted by Gasteiger charge is 2.28. The third-order valence-corrected chi connectivity index (χ3v) is 3.59. The van der Waals surface area contributed by atoms with Gasteiger partial charge in [0.1, 0.15) is 0 Å². The van der Waals surface area contributed by atoms with Crippen molar-refractivity contribution in [1.29, 1.82) is 0 Å². The average Bonchev–Trinajstić information content (AvgIpc) is 2.75. The molecule has 1 unspecified atom stereocenters. The van der Waals surface area contributed by atoms with Crippen molar-refractivity contribution in [3.8, 4) is 0 Å². The quantitative estimate of drug-likeness (QED) is 0.902. The van der Waals surface area contributed by atoms with E-state index in [4.69, 9.17) is 5.11 Å². The largest absolute Gasteiger partial charge is 0.481 e. The molecule has 0 radical (unpaired) electrons. The van der Waals surface area contributed by atoms with Crippen LogP contribution in [0.25, 0.3) is 0 Å². The number of hydrogen-bond donors (Lipinski definition) is 1. The molecule has 1 fully saturated rings. The topological polar surface area (TPSA) is 75.4 Å². The number of carbonyl (C=O) groups is 1. The van der Waals surface area contributed by atoms with Crippen LogP contribution in [0.2, 0.25) is 0 Å². The molecule has 110 valence electrons. The second-order valence-electron chi connectivity index (χ2n) is 6.30. The molecule has 1 aliphatic rings. The molecule has 6 heteroatoms. The first-order valence-electron chi connectivity index (χ1n) is 6.84. The van der Waals surface area contributed by atoms with Crippen LogP contribution in [-0.4, -0.2) is 33.7 Å². The fourth-order valence-corrected chi connectivity index (χ4v) is 2.58. The normalized spacial score (nSPS) is 19.4. The molecule has 0 saturated carbocycles. The monoisotopic (exact) mass is 279 g/mol. The van der Waals surface area contributed by atoms with E-state index >= 15 is 0 Å². The van der Waals surface area contributed by atoms with Crippen molar-refractivity contribution in [2.45, 2.75) is 39.2 Å². The fraction of sp³-hybridized carbons (Fsp3) is 0.643. The molecule has 0 spiro atoms. The zero-order valence-corrected chi connectivity index (χ0v) is 12.2. The maximum absolute atomic E-state index is 12.5. The molecule has 1 aromatic rings. The van der Waals surface area contributed by atoms with E-state index in [1.165, 1.54) is 0 Å². The summed E-state index contributed by atoms with van der Waals surface area (Å²) in [6.45, 7) is 7.18. The number of carboxylic acid groups (broad SMARTS) is 1. The summed E-state index contributed by atoms with van der Waals surface area (Å²) in [6.07, 6.45) is 4.26. The lowest BCUT2D eigenvalue weighted by atomic mass is 10.1. The first kappa shape index (κ1) is 14.6. The van der Waals surface area contributed by atoms with Crippen LogP contribution in [0.3, 0.4) is 0 Å². The number of aromatic nitrogens is 2. The van der Waals surface area contributed by atoms with Crippen molar-refractivity contribution in [3.05, 3.63) is 22.7 Å². The van der Waals surface area contributed by atoms with Crippen LogP contribution in [0.15, 0.2) is 17.2 Å². The van der Waals surface area contributed by atoms with Gasteiger partial charge in [-0.3, -0.25) is 9.59 Å². The second kappa shape index (κ2) is 5.26. The SMILES string of the molecule is CC(C)(C)n1ccnc(N2CCC(CC(=O)O)C2)c1=O. The molecule has 1 aliphatic heterocycles. The van der Waals surface area contributed by atoms with E-state index in [0.29, 0.717) is 18.9 Å². The number of rotatable bonds is 3. The van der Waals surface area contributed by atoms with Gasteiger partial charge in [-0.2, -0.15) is 0 Å². The van der Waals surface area contributed by atoms with Crippen molar-refractivity contribution >= 4 is 11.8 Å². The lowest BCUT2D eigenvalue weighted by molar-refractivity contribution is -0.137. The molecule has 0 amide bonds. The maximum Gasteiger partial charge on any atom is 0.303 e. The van der Waals surface area contributed by atoms with Crippen LogP contribution in [0, 0.1) is 5.92 Å². The predicted octanol–water partition coefficient (Wildman–Crippen LogP) is 1.30. The van der Waals surface area contributed by atoms with Gasteiger partial charge >= 0.3 is 5.97 Å². The molecule has 1 saturated heterocycles. The van der Waals surface area contributed by atoms with Gasteiger partial charge in [-0.15, -0.1) is 0 Å². The molecule has 2 rings (SSSR count). The van der Waals surface area contributed by atoms with Crippen molar-refractivity contribution in [1.82, 2.24) is 9.55 Å². The molecular formula is C14H21N3O3. The van der Waals surface area contributed by atoms with Crippen LogP contribution in [0.5, 0.6) is 0 Å². The number of hydrogen-bond acceptors (Lipinski definition) is 4. The van der Waals surface area contributed by atoms with Gasteiger partial charge in [-0.25, -0.2) is 4.98 Å². The standard InChI is InChI=1S/C14H21N3O3/c1-14(2,3)17-7-5-15-12(13(17)20)16-6-4-10(9-16)8-11(18)19/h5,7,10H,4,6,8-9H2,1-3H3,(H,18,19). The summed E-state index contributed by atoms with van der Waals surface area (Å²) < 4.78 is 1.67. The molecule has 6 nitrogen and oxygen atoms in total. The van der Waals surface area contributed by atoms with Crippen LogP contribution in [0.4, 0.5) is 5.82 Å². The second-order valence-corrected chi connectivity index (χ2v) is 6.30. The number of anilines is 1. The van der Waals surface area contributed by atoms with E-state index in [9.17, 15) is 9.59 Å². The summed E-state index contributed by atoms with van der Waals surface area (Å²) in [5.41, 5.74) is -0.412. The van der Waals surface area contributed by atoms with E-state index in [-0.39, 0.29) is 23.4 Å². The smallest absolute Gasteiger partial charge is 0.303 e. The lowest BCUT2D eigenvalue weighted by Gasteiger charge is -2.24. The van der Waals surface area contributed by atoms with E-state index < -0.39 is 5.97 Å². The van der Waals surface area contributed by atoms with Crippen molar-refractivity contribution < 1.29 is 9.90 Å². The Labute approximate surface area is 118 Å². The third kappa shape index (κ3) is 3.00. The van der Waals surface area contributed by atoms with E-state index in [1.807, 2.05) is 25.7 Å². The number of aliphatic carboxylic acids is 1. The summed E-state index contributed by atoms with van der Waals surface area (Å²) in [5.74, 6) is -0.266. The molecule has 2 heterocycles. The Hall–Kier alpha value is -1.85. The van der Waals surface area contributed by atoms with Gasteiger partial charge in [0.2, 0.25) is 0 Å². The third-order valence-electron chi connectivity index (χ3n) is 3.59. The zero-order valence-electron chi connectivity index (χ0n) is 12.2. The van der Waals surface area contributed by atoms with Crippen molar-refractivity contribution in [2.24, 2.45) is 5.92 Å². The highest BCUT2D eigenvalue weighted by molar-refractivity contribution is 5.67. The van der Waals surface area contributed by atoms with Crippen LogP contribution >= 0.6 is 0 Å². The minimum atomic E-state index is -0.787. The van der Waals surface area contributed by atoms with Gasteiger partial charge in [-0.05, 0) is 33.1 Å². The van der Waals surface area contributed by atoms with Gasteiger partial charge in [0.25, 0.3) is 5.56 Å². The van der Waals surface area contributed by atoms with Crippen LogP contribution < -0.4 is 10.5 Å². The molecule has 1 aromatic heterocycles. The van der Waals surface area contributed by atoms with Crippen LogP contribution in [0.1, 0.15) is 33.6 Å². The van der Waals surface area contributed by atoms with Gasteiger partial charge in [0.05, 0.1) is 0 Å². The molecule has 1 N–H and O–H groups in total. The summed E-state index contributed by atoms with van der Waals surface area (Å²) in [7, 11) is 0. The Kier molecular flexibility index (Phi) is 3.83. The van der Waals surface area contributed by atoms with Crippen molar-refractivity contribution in [2.75, 3.05) is 18.0 Å². The summed E-state index contributed by atoms with van der Waals surface area (Å²) >= 11 is 0. The summed E-state index contributed by atoms with van der Waals surface area (Å²) in [6, 6.07) is 0. The van der Waals surface area contributed by atoms with Gasteiger partial charge in [0, 0.05) is 37.4 Å². The Morgan fingerprint density at radius 1 is 1.50 bits per heavy atom. The molecule has 0 aliphatic carbocycles. The maximum atomic E-state index is 12.5.